The van der Waals surface area contributed by atoms with Crippen molar-refractivity contribution < 1.29 is 14.0 Å². The van der Waals surface area contributed by atoms with E-state index < -0.39 is 6.04 Å². The number of para-hydroxylation sites is 1. The number of aryl methyl sites for hydroxylation is 1. The molecular weight excluding hydrogens is 429 g/mol. The lowest BCUT2D eigenvalue weighted by Gasteiger charge is -2.37. The third-order valence-corrected chi connectivity index (χ3v) is 6.29. The molecule has 0 aromatic heterocycles. The van der Waals surface area contributed by atoms with E-state index in [1.165, 1.54) is 6.07 Å². The number of amides is 2. The number of rotatable bonds is 7. The average Bonchev–Trinajstić information content (AvgIpc) is 2.89. The van der Waals surface area contributed by atoms with Crippen molar-refractivity contribution in [2.75, 3.05) is 31.1 Å². The summed E-state index contributed by atoms with van der Waals surface area (Å²) in [6, 6.07) is 23.2. The minimum atomic E-state index is -0.680. The third-order valence-electron chi connectivity index (χ3n) is 6.29. The van der Waals surface area contributed by atoms with Crippen molar-refractivity contribution in [1.82, 2.24) is 10.2 Å². The normalized spacial score (nSPS) is 14.5. The van der Waals surface area contributed by atoms with Crippen molar-refractivity contribution in [3.8, 4) is 0 Å². The minimum absolute atomic E-state index is 0.115. The number of carbonyl (C=O) groups excluding carboxylic acids is 2. The molecule has 1 fully saturated rings. The first-order chi connectivity index (χ1) is 16.5. The van der Waals surface area contributed by atoms with Crippen molar-refractivity contribution in [3.05, 3.63) is 101 Å². The minimum Gasteiger partial charge on any atom is -0.366 e. The Morgan fingerprint density at radius 1 is 0.853 bits per heavy atom. The fourth-order valence-electron chi connectivity index (χ4n) is 4.28. The summed E-state index contributed by atoms with van der Waals surface area (Å²) in [4.78, 5) is 30.2. The molecular formula is C28H30FN3O2. The fraction of sp³-hybridized carbons (Fsp3) is 0.286. The van der Waals surface area contributed by atoms with Crippen LogP contribution in [0, 0.1) is 5.82 Å². The molecule has 1 atom stereocenters. The second-order valence-corrected chi connectivity index (χ2v) is 8.53. The molecule has 1 saturated heterocycles. The van der Waals surface area contributed by atoms with Gasteiger partial charge in [0.15, 0.2) is 0 Å². The second kappa shape index (κ2) is 11.0. The van der Waals surface area contributed by atoms with E-state index in [-0.39, 0.29) is 17.6 Å². The van der Waals surface area contributed by atoms with E-state index in [1.54, 1.807) is 29.2 Å². The van der Waals surface area contributed by atoms with E-state index in [9.17, 15) is 14.0 Å². The standard InChI is InChI=1S/C28H30FN3O2/c1-2-21-12-14-23(15-13-21)27(33)30-25(20-22-8-4-3-5-9-22)28(34)32-18-16-31(17-19-32)26-11-7-6-10-24(26)29/h3-15,25H,2,16-20H2,1H3,(H,30,33)/t25-/m1/s1. The van der Waals surface area contributed by atoms with Crippen molar-refractivity contribution >= 4 is 17.5 Å². The Bertz CT molecular complexity index is 1110. The predicted molar refractivity (Wildman–Crippen MR) is 132 cm³/mol. The smallest absolute Gasteiger partial charge is 0.251 e. The molecule has 0 spiro atoms. The highest BCUT2D eigenvalue weighted by molar-refractivity contribution is 5.97. The lowest BCUT2D eigenvalue weighted by molar-refractivity contribution is -0.133. The molecule has 0 saturated carbocycles. The fourth-order valence-corrected chi connectivity index (χ4v) is 4.28. The zero-order chi connectivity index (χ0) is 23.9. The topological polar surface area (TPSA) is 52.7 Å². The molecule has 3 aromatic carbocycles. The maximum Gasteiger partial charge on any atom is 0.251 e. The van der Waals surface area contributed by atoms with Gasteiger partial charge >= 0.3 is 0 Å². The highest BCUT2D eigenvalue weighted by atomic mass is 19.1. The Hall–Kier alpha value is -3.67. The van der Waals surface area contributed by atoms with Crippen LogP contribution in [-0.4, -0.2) is 48.9 Å². The Balaban J connectivity index is 1.46. The summed E-state index contributed by atoms with van der Waals surface area (Å²) in [6.07, 6.45) is 1.31. The summed E-state index contributed by atoms with van der Waals surface area (Å²) in [7, 11) is 0. The summed E-state index contributed by atoms with van der Waals surface area (Å²) >= 11 is 0. The van der Waals surface area contributed by atoms with Crippen LogP contribution >= 0.6 is 0 Å². The van der Waals surface area contributed by atoms with Crippen molar-refractivity contribution in [3.63, 3.8) is 0 Å². The maximum atomic E-state index is 14.2. The maximum absolute atomic E-state index is 14.2. The number of piperazine rings is 1. The van der Waals surface area contributed by atoms with Gasteiger partial charge in [-0.15, -0.1) is 0 Å². The first-order valence-corrected chi connectivity index (χ1v) is 11.8. The average molecular weight is 460 g/mol. The molecule has 3 aromatic rings. The molecule has 176 valence electrons. The molecule has 1 N–H and O–H groups in total. The predicted octanol–water partition coefficient (Wildman–Crippen LogP) is 4.08. The molecule has 4 rings (SSSR count). The number of nitrogens with zero attached hydrogens (tertiary/aromatic N) is 2. The summed E-state index contributed by atoms with van der Waals surface area (Å²) in [5.41, 5.74) is 3.22. The Morgan fingerprint density at radius 2 is 1.50 bits per heavy atom. The largest absolute Gasteiger partial charge is 0.366 e. The van der Waals surface area contributed by atoms with Crippen LogP contribution in [0.3, 0.4) is 0 Å². The number of benzene rings is 3. The molecule has 34 heavy (non-hydrogen) atoms. The van der Waals surface area contributed by atoms with Crippen LogP contribution < -0.4 is 10.2 Å². The molecule has 0 unspecified atom stereocenters. The van der Waals surface area contributed by atoms with Crippen molar-refractivity contribution in [2.45, 2.75) is 25.8 Å². The van der Waals surface area contributed by atoms with Gasteiger partial charge in [0.1, 0.15) is 11.9 Å². The third kappa shape index (κ3) is 5.63. The van der Waals surface area contributed by atoms with Crippen molar-refractivity contribution in [1.29, 1.82) is 0 Å². The number of carbonyl (C=O) groups is 2. The molecule has 1 heterocycles. The summed E-state index contributed by atoms with van der Waals surface area (Å²) in [5, 5.41) is 2.96. The number of nitrogens with one attached hydrogen (secondary N) is 1. The monoisotopic (exact) mass is 459 g/mol. The first kappa shape index (κ1) is 23.5. The highest BCUT2D eigenvalue weighted by Crippen LogP contribution is 2.20. The molecule has 0 aliphatic carbocycles. The Kier molecular flexibility index (Phi) is 7.58. The molecule has 0 bridgehead atoms. The van der Waals surface area contributed by atoms with Crippen LogP contribution in [0.4, 0.5) is 10.1 Å². The molecule has 0 radical (unpaired) electrons. The first-order valence-electron chi connectivity index (χ1n) is 11.8. The van der Waals surface area contributed by atoms with E-state index in [0.29, 0.717) is 43.9 Å². The van der Waals surface area contributed by atoms with Crippen molar-refractivity contribution in [2.24, 2.45) is 0 Å². The number of hydrogen-bond donors (Lipinski definition) is 1. The van der Waals surface area contributed by atoms with Gasteiger partial charge in [0.25, 0.3) is 5.91 Å². The van der Waals surface area contributed by atoms with E-state index >= 15 is 0 Å². The van der Waals surface area contributed by atoms with Crippen LogP contribution in [0.25, 0.3) is 0 Å². The van der Waals surface area contributed by atoms with Gasteiger partial charge in [0.05, 0.1) is 5.69 Å². The Labute approximate surface area is 200 Å². The SMILES string of the molecule is CCc1ccc(C(=O)N[C@H](Cc2ccccc2)C(=O)N2CCN(c3ccccc3F)CC2)cc1. The molecule has 6 heteroatoms. The van der Waals surface area contributed by atoms with Crippen LogP contribution in [0.5, 0.6) is 0 Å². The quantitative estimate of drug-likeness (QED) is 0.579. The van der Waals surface area contributed by atoms with E-state index in [0.717, 1.165) is 17.5 Å². The zero-order valence-electron chi connectivity index (χ0n) is 19.4. The van der Waals surface area contributed by atoms with Crippen LogP contribution in [0.1, 0.15) is 28.4 Å². The Morgan fingerprint density at radius 3 is 2.15 bits per heavy atom. The van der Waals surface area contributed by atoms with Gasteiger partial charge < -0.3 is 15.1 Å². The van der Waals surface area contributed by atoms with Gasteiger partial charge in [0.2, 0.25) is 5.91 Å². The summed E-state index contributed by atoms with van der Waals surface area (Å²) in [6.45, 7) is 4.09. The number of hydrogen-bond acceptors (Lipinski definition) is 3. The van der Waals surface area contributed by atoms with Gasteiger partial charge in [0, 0.05) is 38.2 Å². The summed E-state index contributed by atoms with van der Waals surface area (Å²) < 4.78 is 14.2. The number of anilines is 1. The molecule has 5 nitrogen and oxygen atoms in total. The van der Waals surface area contributed by atoms with Crippen LogP contribution in [0.2, 0.25) is 0 Å². The van der Waals surface area contributed by atoms with Gasteiger partial charge in [-0.1, -0.05) is 61.5 Å². The van der Waals surface area contributed by atoms with Gasteiger partial charge in [-0.2, -0.15) is 0 Å². The lowest BCUT2D eigenvalue weighted by atomic mass is 10.0. The van der Waals surface area contributed by atoms with Crippen LogP contribution in [0.15, 0.2) is 78.9 Å². The van der Waals surface area contributed by atoms with E-state index in [2.05, 4.69) is 12.2 Å². The van der Waals surface area contributed by atoms with E-state index in [1.807, 2.05) is 53.4 Å². The zero-order valence-corrected chi connectivity index (χ0v) is 19.4. The number of halogens is 1. The molecule has 1 aliphatic heterocycles. The van der Waals surface area contributed by atoms with Gasteiger partial charge in [-0.3, -0.25) is 9.59 Å². The molecule has 1 aliphatic rings. The highest BCUT2D eigenvalue weighted by Gasteiger charge is 2.29. The second-order valence-electron chi connectivity index (χ2n) is 8.53. The summed E-state index contributed by atoms with van der Waals surface area (Å²) in [5.74, 6) is -0.636. The van der Waals surface area contributed by atoms with Gasteiger partial charge in [-0.25, -0.2) is 4.39 Å². The van der Waals surface area contributed by atoms with Gasteiger partial charge in [-0.05, 0) is 41.8 Å². The van der Waals surface area contributed by atoms with Crippen LogP contribution in [-0.2, 0) is 17.6 Å². The molecule has 2 amide bonds. The lowest BCUT2D eigenvalue weighted by Crippen LogP contribution is -2.55. The van der Waals surface area contributed by atoms with E-state index in [4.69, 9.17) is 0 Å².